The summed E-state index contributed by atoms with van der Waals surface area (Å²) in [6.07, 6.45) is 13.5. The number of H-pyrrole nitrogens is 1. The quantitative estimate of drug-likeness (QED) is 0.529. The first-order valence-corrected chi connectivity index (χ1v) is 10.8. The summed E-state index contributed by atoms with van der Waals surface area (Å²) in [5, 5.41) is 7.24. The van der Waals surface area contributed by atoms with E-state index in [9.17, 15) is 0 Å². The van der Waals surface area contributed by atoms with Crippen LogP contribution in [0.2, 0.25) is 0 Å². The van der Waals surface area contributed by atoms with Crippen LogP contribution in [0.1, 0.15) is 68.7 Å². The Morgan fingerprint density at radius 1 is 1.00 bits per heavy atom. The van der Waals surface area contributed by atoms with Crippen LogP contribution in [0, 0.1) is 0 Å². The van der Waals surface area contributed by atoms with Crippen molar-refractivity contribution in [3.8, 4) is 11.5 Å². The number of aryl methyl sites for hydroxylation is 1. The van der Waals surface area contributed by atoms with Gasteiger partial charge >= 0.3 is 0 Å². The van der Waals surface area contributed by atoms with E-state index in [4.69, 9.17) is 4.98 Å². The molecule has 0 amide bonds. The molecular formula is C22H33N5. The number of aromatic nitrogens is 3. The molecule has 27 heavy (non-hydrogen) atoms. The molecule has 0 bridgehead atoms. The predicted octanol–water partition coefficient (Wildman–Crippen LogP) is 3.79. The summed E-state index contributed by atoms with van der Waals surface area (Å²) in [4.78, 5) is 12.8. The van der Waals surface area contributed by atoms with Gasteiger partial charge in [-0.25, -0.2) is 9.97 Å². The number of nitrogens with one attached hydrogen (secondary N) is 3. The van der Waals surface area contributed by atoms with Crippen molar-refractivity contribution in [2.45, 2.75) is 69.7 Å². The van der Waals surface area contributed by atoms with E-state index >= 15 is 0 Å². The van der Waals surface area contributed by atoms with Crippen LogP contribution < -0.4 is 10.6 Å². The van der Waals surface area contributed by atoms with Gasteiger partial charge in [0.1, 0.15) is 5.69 Å². The van der Waals surface area contributed by atoms with E-state index in [0.717, 1.165) is 55.7 Å². The van der Waals surface area contributed by atoms with Crippen LogP contribution in [0.3, 0.4) is 0 Å². The smallest absolute Gasteiger partial charge is 0.156 e. The highest BCUT2D eigenvalue weighted by molar-refractivity contribution is 5.50. The summed E-state index contributed by atoms with van der Waals surface area (Å²) in [6.45, 7) is 3.30. The van der Waals surface area contributed by atoms with E-state index in [1.54, 1.807) is 0 Å². The standard InChI is InChI=1S/C22H33N5/c1-2-7-18(6-1)24-15-5-14-23-13-4-9-19-8-3-10-20(26-19)22-25-16-21(27-22)17-11-12-17/h3,8,10,16-18,23-24H,1-2,4-7,9,11-15H2,(H,25,27). The van der Waals surface area contributed by atoms with Gasteiger partial charge in [0.2, 0.25) is 0 Å². The molecule has 2 aromatic heterocycles. The fraction of sp³-hybridized carbons (Fsp3) is 0.636. The van der Waals surface area contributed by atoms with Gasteiger partial charge in [-0.15, -0.1) is 0 Å². The van der Waals surface area contributed by atoms with Gasteiger partial charge in [0.05, 0.1) is 0 Å². The van der Waals surface area contributed by atoms with Gasteiger partial charge in [-0.05, 0) is 76.7 Å². The molecule has 5 nitrogen and oxygen atoms in total. The summed E-state index contributed by atoms with van der Waals surface area (Å²) in [6, 6.07) is 7.06. The second kappa shape index (κ2) is 9.47. The molecule has 2 aromatic rings. The lowest BCUT2D eigenvalue weighted by atomic mass is 10.2. The average Bonchev–Trinajstić information content (AvgIpc) is 3.19. The first-order valence-electron chi connectivity index (χ1n) is 10.8. The molecule has 0 aromatic carbocycles. The Labute approximate surface area is 162 Å². The molecule has 0 spiro atoms. The zero-order chi connectivity index (χ0) is 18.3. The third-order valence-electron chi connectivity index (χ3n) is 5.77. The molecule has 2 saturated carbocycles. The Morgan fingerprint density at radius 3 is 2.70 bits per heavy atom. The van der Waals surface area contributed by atoms with Crippen LogP contribution in [0.15, 0.2) is 24.4 Å². The molecule has 0 radical (unpaired) electrons. The van der Waals surface area contributed by atoms with Crippen LogP contribution in [-0.2, 0) is 6.42 Å². The second-order valence-corrected chi connectivity index (χ2v) is 8.12. The van der Waals surface area contributed by atoms with Gasteiger partial charge in [-0.2, -0.15) is 0 Å². The first-order chi connectivity index (χ1) is 13.4. The fourth-order valence-corrected chi connectivity index (χ4v) is 3.99. The number of pyridine rings is 1. The highest BCUT2D eigenvalue weighted by Crippen LogP contribution is 2.39. The minimum atomic E-state index is 0.703. The van der Waals surface area contributed by atoms with Crippen molar-refractivity contribution in [1.29, 1.82) is 0 Å². The molecule has 5 heteroatoms. The summed E-state index contributed by atoms with van der Waals surface area (Å²) in [5.41, 5.74) is 3.38. The Hall–Kier alpha value is -1.72. The van der Waals surface area contributed by atoms with E-state index in [0.29, 0.717) is 5.92 Å². The van der Waals surface area contributed by atoms with Crippen molar-refractivity contribution in [2.75, 3.05) is 19.6 Å². The molecule has 146 valence electrons. The minimum absolute atomic E-state index is 0.703. The lowest BCUT2D eigenvalue weighted by Gasteiger charge is -2.11. The van der Waals surface area contributed by atoms with Crippen LogP contribution in [0.25, 0.3) is 11.5 Å². The maximum Gasteiger partial charge on any atom is 0.156 e. The zero-order valence-corrected chi connectivity index (χ0v) is 16.3. The number of nitrogens with zero attached hydrogens (tertiary/aromatic N) is 2. The van der Waals surface area contributed by atoms with Crippen molar-refractivity contribution in [3.05, 3.63) is 35.8 Å². The summed E-state index contributed by atoms with van der Waals surface area (Å²) in [7, 11) is 0. The van der Waals surface area contributed by atoms with Crippen LogP contribution in [-0.4, -0.2) is 40.6 Å². The van der Waals surface area contributed by atoms with Gasteiger partial charge in [0.25, 0.3) is 0 Å². The van der Waals surface area contributed by atoms with Crippen molar-refractivity contribution in [3.63, 3.8) is 0 Å². The maximum atomic E-state index is 4.80. The molecule has 0 aliphatic heterocycles. The summed E-state index contributed by atoms with van der Waals surface area (Å²) >= 11 is 0. The Morgan fingerprint density at radius 2 is 1.85 bits per heavy atom. The minimum Gasteiger partial charge on any atom is -0.340 e. The Balaban J connectivity index is 1.12. The highest BCUT2D eigenvalue weighted by atomic mass is 15.0. The van der Waals surface area contributed by atoms with Gasteiger partial charge in [0.15, 0.2) is 5.82 Å². The fourth-order valence-electron chi connectivity index (χ4n) is 3.99. The molecule has 3 N–H and O–H groups in total. The Bertz CT molecular complexity index is 700. The molecule has 0 saturated heterocycles. The third kappa shape index (κ3) is 5.63. The zero-order valence-electron chi connectivity index (χ0n) is 16.3. The lowest BCUT2D eigenvalue weighted by Crippen LogP contribution is -2.29. The van der Waals surface area contributed by atoms with E-state index in [1.165, 1.54) is 50.6 Å². The van der Waals surface area contributed by atoms with Crippen molar-refractivity contribution in [1.82, 2.24) is 25.6 Å². The number of imidazole rings is 1. The SMILES string of the molecule is c1cc(CCCNCCCNC2CCCC2)nc(-c2ncc(C3CC3)[nH]2)c1. The number of rotatable bonds is 11. The van der Waals surface area contributed by atoms with Gasteiger partial charge in [0, 0.05) is 29.5 Å². The van der Waals surface area contributed by atoms with Crippen LogP contribution in [0.4, 0.5) is 0 Å². The molecule has 0 unspecified atom stereocenters. The molecule has 4 rings (SSSR count). The molecule has 2 aliphatic carbocycles. The molecule has 2 heterocycles. The van der Waals surface area contributed by atoms with E-state index in [2.05, 4.69) is 38.8 Å². The lowest BCUT2D eigenvalue weighted by molar-refractivity contribution is 0.502. The third-order valence-corrected chi connectivity index (χ3v) is 5.77. The van der Waals surface area contributed by atoms with Crippen LogP contribution in [0.5, 0.6) is 0 Å². The van der Waals surface area contributed by atoms with Gasteiger partial charge in [-0.1, -0.05) is 18.9 Å². The summed E-state index contributed by atoms with van der Waals surface area (Å²) in [5.74, 6) is 1.61. The van der Waals surface area contributed by atoms with E-state index < -0.39 is 0 Å². The maximum absolute atomic E-state index is 4.80. The number of aromatic amines is 1. The number of hydrogen-bond donors (Lipinski definition) is 3. The molecular weight excluding hydrogens is 334 g/mol. The first kappa shape index (κ1) is 18.6. The largest absolute Gasteiger partial charge is 0.340 e. The molecule has 2 aliphatic rings. The van der Waals surface area contributed by atoms with Crippen molar-refractivity contribution >= 4 is 0 Å². The van der Waals surface area contributed by atoms with Crippen molar-refractivity contribution < 1.29 is 0 Å². The monoisotopic (exact) mass is 367 g/mol. The predicted molar refractivity (Wildman–Crippen MR) is 110 cm³/mol. The molecule has 2 fully saturated rings. The van der Waals surface area contributed by atoms with E-state index in [1.807, 2.05) is 6.20 Å². The number of hydrogen-bond acceptors (Lipinski definition) is 4. The van der Waals surface area contributed by atoms with Gasteiger partial charge in [-0.3, -0.25) is 0 Å². The average molecular weight is 368 g/mol. The Kier molecular flexibility index (Phi) is 6.53. The van der Waals surface area contributed by atoms with Crippen molar-refractivity contribution in [2.24, 2.45) is 0 Å². The highest BCUT2D eigenvalue weighted by Gasteiger charge is 2.25. The van der Waals surface area contributed by atoms with E-state index in [-0.39, 0.29) is 0 Å². The van der Waals surface area contributed by atoms with Crippen LogP contribution >= 0.6 is 0 Å². The second-order valence-electron chi connectivity index (χ2n) is 8.12. The van der Waals surface area contributed by atoms with Gasteiger partial charge < -0.3 is 15.6 Å². The normalized spacial score (nSPS) is 17.6. The summed E-state index contributed by atoms with van der Waals surface area (Å²) < 4.78 is 0. The topological polar surface area (TPSA) is 65.6 Å². The molecule has 0 atom stereocenters.